The summed E-state index contributed by atoms with van der Waals surface area (Å²) in [5.74, 6) is -1.27. The third-order valence-electron chi connectivity index (χ3n) is 4.74. The van der Waals surface area contributed by atoms with E-state index in [1.54, 1.807) is 36.5 Å². The largest absolute Gasteiger partial charge is 0.480 e. The summed E-state index contributed by atoms with van der Waals surface area (Å²) >= 11 is 1.52. The number of thioether (sulfide) groups is 1. The van der Waals surface area contributed by atoms with E-state index in [-0.39, 0.29) is 5.91 Å². The Morgan fingerprint density at radius 2 is 1.81 bits per heavy atom. The quantitative estimate of drug-likeness (QED) is 0.457. The van der Waals surface area contributed by atoms with Gasteiger partial charge in [0.25, 0.3) is 11.8 Å². The highest BCUT2D eigenvalue weighted by atomic mass is 32.2. The Labute approximate surface area is 190 Å². The molecule has 2 aromatic carbocycles. The van der Waals surface area contributed by atoms with Gasteiger partial charge in [0.2, 0.25) is 0 Å². The Balaban J connectivity index is 1.91. The summed E-state index contributed by atoms with van der Waals surface area (Å²) in [6.45, 7) is 0. The predicted octanol–water partition coefficient (Wildman–Crippen LogP) is 3.94. The summed E-state index contributed by atoms with van der Waals surface area (Å²) in [5.41, 5.74) is 2.60. The first kappa shape index (κ1) is 23.0. The smallest absolute Gasteiger partial charge is 0.326 e. The number of carbonyl (C=O) groups is 3. The van der Waals surface area contributed by atoms with Gasteiger partial charge in [-0.1, -0.05) is 30.3 Å². The van der Waals surface area contributed by atoms with Crippen LogP contribution in [0.15, 0.2) is 73.1 Å². The van der Waals surface area contributed by atoms with Gasteiger partial charge in [0.05, 0.1) is 5.56 Å². The number of carbonyl (C=O) groups excluding carboxylic acids is 2. The number of hydrogen-bond acceptors (Lipinski definition) is 5. The van der Waals surface area contributed by atoms with E-state index in [0.29, 0.717) is 34.6 Å². The summed E-state index contributed by atoms with van der Waals surface area (Å²) < 4.78 is 0. The van der Waals surface area contributed by atoms with Crippen molar-refractivity contribution in [1.82, 2.24) is 10.3 Å². The van der Waals surface area contributed by atoms with Gasteiger partial charge in [-0.05, 0) is 59.9 Å². The maximum absolute atomic E-state index is 13.0. The summed E-state index contributed by atoms with van der Waals surface area (Å²) in [7, 11) is 0. The third kappa shape index (κ3) is 5.95. The molecule has 0 radical (unpaired) electrons. The lowest BCUT2D eigenvalue weighted by molar-refractivity contribution is -0.139. The van der Waals surface area contributed by atoms with Crippen molar-refractivity contribution in [2.45, 2.75) is 12.5 Å². The van der Waals surface area contributed by atoms with Gasteiger partial charge in [-0.15, -0.1) is 0 Å². The number of hydrogen-bond donors (Lipinski definition) is 3. The van der Waals surface area contributed by atoms with E-state index in [1.165, 1.54) is 18.0 Å². The van der Waals surface area contributed by atoms with Crippen LogP contribution in [0, 0.1) is 0 Å². The van der Waals surface area contributed by atoms with Gasteiger partial charge in [0, 0.05) is 23.6 Å². The van der Waals surface area contributed by atoms with E-state index in [1.807, 2.05) is 36.6 Å². The number of rotatable bonds is 9. The Kier molecular flexibility index (Phi) is 7.99. The van der Waals surface area contributed by atoms with Crippen molar-refractivity contribution in [3.05, 3.63) is 84.2 Å². The van der Waals surface area contributed by atoms with Gasteiger partial charge in [0.1, 0.15) is 6.04 Å². The molecule has 7 nitrogen and oxygen atoms in total. The highest BCUT2D eigenvalue weighted by Crippen LogP contribution is 2.27. The van der Waals surface area contributed by atoms with Gasteiger partial charge in [-0.3, -0.25) is 14.6 Å². The van der Waals surface area contributed by atoms with Crippen LogP contribution in [0.1, 0.15) is 27.1 Å². The molecule has 8 heteroatoms. The highest BCUT2D eigenvalue weighted by molar-refractivity contribution is 7.98. The molecule has 164 valence electrons. The van der Waals surface area contributed by atoms with Gasteiger partial charge >= 0.3 is 5.97 Å². The number of carboxylic acid groups (broad SMARTS) is 1. The molecular weight excluding hydrogens is 426 g/mol. The predicted molar refractivity (Wildman–Crippen MR) is 126 cm³/mol. The number of amides is 2. The molecule has 0 aliphatic carbocycles. The number of pyridine rings is 1. The fourth-order valence-electron chi connectivity index (χ4n) is 3.11. The Bertz CT molecular complexity index is 1090. The zero-order chi connectivity index (χ0) is 22.9. The van der Waals surface area contributed by atoms with Crippen LogP contribution in [0.4, 0.5) is 5.69 Å². The number of aromatic nitrogens is 1. The molecule has 32 heavy (non-hydrogen) atoms. The second kappa shape index (κ2) is 11.1. The molecule has 0 bridgehead atoms. The van der Waals surface area contributed by atoms with Crippen LogP contribution < -0.4 is 10.6 Å². The number of nitrogens with one attached hydrogen (secondary N) is 2. The van der Waals surface area contributed by atoms with E-state index in [0.717, 1.165) is 5.56 Å². The molecule has 3 N–H and O–H groups in total. The fraction of sp³-hybridized carbons (Fsp3) is 0.167. The molecule has 0 aliphatic rings. The molecule has 0 aliphatic heterocycles. The van der Waals surface area contributed by atoms with Gasteiger partial charge < -0.3 is 15.7 Å². The van der Waals surface area contributed by atoms with Crippen molar-refractivity contribution in [3.8, 4) is 11.1 Å². The van der Waals surface area contributed by atoms with Gasteiger partial charge in [-0.2, -0.15) is 11.8 Å². The lowest BCUT2D eigenvalue weighted by Crippen LogP contribution is -2.41. The van der Waals surface area contributed by atoms with Crippen molar-refractivity contribution in [2.75, 3.05) is 17.3 Å². The maximum atomic E-state index is 13.0. The molecule has 0 unspecified atom stereocenters. The van der Waals surface area contributed by atoms with Crippen molar-refractivity contribution < 1.29 is 19.5 Å². The number of anilines is 1. The average molecular weight is 450 g/mol. The molecule has 1 aromatic heterocycles. The highest BCUT2D eigenvalue weighted by Gasteiger charge is 2.22. The Morgan fingerprint density at radius 1 is 1.03 bits per heavy atom. The molecule has 3 rings (SSSR count). The SMILES string of the molecule is CSCC[C@H](NC(=O)c1ccc(NC(=O)c2cccnc2)cc1-c1ccccc1)C(=O)O. The molecular formula is C24H23N3O4S. The monoisotopic (exact) mass is 449 g/mol. The molecule has 1 heterocycles. The van der Waals surface area contributed by atoms with Gasteiger partial charge in [-0.25, -0.2) is 4.79 Å². The van der Waals surface area contributed by atoms with Crippen molar-refractivity contribution in [1.29, 1.82) is 0 Å². The van der Waals surface area contributed by atoms with E-state index in [2.05, 4.69) is 15.6 Å². The minimum absolute atomic E-state index is 0.322. The Morgan fingerprint density at radius 3 is 2.47 bits per heavy atom. The van der Waals surface area contributed by atoms with Crippen LogP contribution in [0.5, 0.6) is 0 Å². The summed E-state index contributed by atoms with van der Waals surface area (Å²) in [6.07, 6.45) is 5.26. The molecule has 0 fully saturated rings. The van der Waals surface area contributed by atoms with Crippen LogP contribution in [0.2, 0.25) is 0 Å². The van der Waals surface area contributed by atoms with Crippen molar-refractivity contribution in [2.24, 2.45) is 0 Å². The zero-order valence-electron chi connectivity index (χ0n) is 17.4. The molecule has 2 amide bonds. The number of nitrogens with zero attached hydrogens (tertiary/aromatic N) is 1. The fourth-order valence-corrected chi connectivity index (χ4v) is 3.58. The van der Waals surface area contributed by atoms with E-state index in [4.69, 9.17) is 0 Å². The van der Waals surface area contributed by atoms with Crippen LogP contribution >= 0.6 is 11.8 Å². The standard InChI is InChI=1S/C24H23N3O4S/c1-32-13-11-21(24(30)31)27-23(29)19-10-9-18(14-20(19)16-6-3-2-4-7-16)26-22(28)17-8-5-12-25-15-17/h2-10,12,14-15,21H,11,13H2,1H3,(H,26,28)(H,27,29)(H,30,31)/t21-/m0/s1. The molecule has 0 spiro atoms. The number of benzene rings is 2. The van der Waals surface area contributed by atoms with E-state index in [9.17, 15) is 19.5 Å². The first-order valence-electron chi connectivity index (χ1n) is 9.93. The van der Waals surface area contributed by atoms with Crippen LogP contribution in [0.3, 0.4) is 0 Å². The molecule has 1 atom stereocenters. The zero-order valence-corrected chi connectivity index (χ0v) is 18.3. The van der Waals surface area contributed by atoms with Crippen molar-refractivity contribution >= 4 is 35.2 Å². The number of carboxylic acids is 1. The lowest BCUT2D eigenvalue weighted by Gasteiger charge is -2.17. The first-order valence-corrected chi connectivity index (χ1v) is 11.3. The third-order valence-corrected chi connectivity index (χ3v) is 5.39. The topological polar surface area (TPSA) is 108 Å². The molecule has 0 saturated carbocycles. The van der Waals surface area contributed by atoms with Crippen molar-refractivity contribution in [3.63, 3.8) is 0 Å². The minimum atomic E-state index is -1.07. The van der Waals surface area contributed by atoms with Crippen LogP contribution in [-0.2, 0) is 4.79 Å². The summed E-state index contributed by atoms with van der Waals surface area (Å²) in [4.78, 5) is 41.0. The summed E-state index contributed by atoms with van der Waals surface area (Å²) in [6, 6.07) is 16.5. The average Bonchev–Trinajstić information content (AvgIpc) is 2.82. The van der Waals surface area contributed by atoms with E-state index < -0.39 is 17.9 Å². The maximum Gasteiger partial charge on any atom is 0.326 e. The normalized spacial score (nSPS) is 11.4. The molecule has 0 saturated heterocycles. The summed E-state index contributed by atoms with van der Waals surface area (Å²) in [5, 5.41) is 14.9. The van der Waals surface area contributed by atoms with Gasteiger partial charge in [0.15, 0.2) is 0 Å². The Hall–Kier alpha value is -3.65. The van der Waals surface area contributed by atoms with E-state index >= 15 is 0 Å². The second-order valence-corrected chi connectivity index (χ2v) is 7.95. The first-order chi connectivity index (χ1) is 15.5. The lowest BCUT2D eigenvalue weighted by atomic mass is 9.98. The van der Waals surface area contributed by atoms with Crippen LogP contribution in [0.25, 0.3) is 11.1 Å². The van der Waals surface area contributed by atoms with Crippen LogP contribution in [-0.4, -0.2) is 45.9 Å². The minimum Gasteiger partial charge on any atom is -0.480 e. The second-order valence-electron chi connectivity index (χ2n) is 6.97. The molecule has 3 aromatic rings. The number of aliphatic carboxylic acids is 1.